The first-order valence-electron chi connectivity index (χ1n) is 6.19. The molecule has 1 aliphatic rings. The largest absolute Gasteiger partial charge is 0.493 e. The molecule has 0 atom stereocenters. The van der Waals surface area contributed by atoms with Crippen LogP contribution in [-0.2, 0) is 6.54 Å². The van der Waals surface area contributed by atoms with Gasteiger partial charge < -0.3 is 14.8 Å². The molecule has 1 saturated heterocycles. The summed E-state index contributed by atoms with van der Waals surface area (Å²) >= 11 is 0. The molecule has 0 amide bonds. The Morgan fingerprint density at radius 3 is 2.11 bits per heavy atom. The molecule has 0 unspecified atom stereocenters. The number of piperazine rings is 1. The van der Waals surface area contributed by atoms with Crippen molar-refractivity contribution in [1.82, 2.24) is 10.2 Å². The van der Waals surface area contributed by atoms with Crippen molar-refractivity contribution in [1.29, 1.82) is 0 Å². The lowest BCUT2D eigenvalue weighted by Gasteiger charge is -2.28. The maximum Gasteiger partial charge on any atom is 0.168 e. The average Bonchev–Trinajstić information content (AvgIpc) is 2.40. The van der Waals surface area contributed by atoms with Crippen molar-refractivity contribution in [3.8, 4) is 11.5 Å². The van der Waals surface area contributed by atoms with Gasteiger partial charge in [0.05, 0.1) is 19.8 Å². The Kier molecular flexibility index (Phi) is 4.55. The summed E-state index contributed by atoms with van der Waals surface area (Å²) in [6.45, 7) is 3.78. The fraction of sp³-hybridized carbons (Fsp3) is 0.538. The van der Waals surface area contributed by atoms with Gasteiger partial charge >= 0.3 is 0 Å². The highest BCUT2D eigenvalue weighted by molar-refractivity contribution is 5.46. The first kappa shape index (κ1) is 14.0. The molecule has 0 aromatic heterocycles. The Bertz CT molecular complexity index is 421. The van der Waals surface area contributed by atoms with Gasteiger partial charge in [0, 0.05) is 38.8 Å². The molecule has 2 rings (SSSR count). The molecule has 6 heteroatoms. The van der Waals surface area contributed by atoms with Crippen molar-refractivity contribution >= 4 is 0 Å². The monoisotopic (exact) mass is 272 g/mol. The number of hydrogen-bond acceptors (Lipinski definition) is 4. The van der Waals surface area contributed by atoms with Crippen LogP contribution in [0.5, 0.6) is 11.5 Å². The fourth-order valence-corrected chi connectivity index (χ4v) is 2.31. The molecule has 1 aromatic carbocycles. The van der Waals surface area contributed by atoms with Crippen LogP contribution >= 0.6 is 0 Å². The number of hydrogen-bond donors (Lipinski definition) is 1. The molecule has 4 nitrogen and oxygen atoms in total. The lowest BCUT2D eigenvalue weighted by molar-refractivity contribution is 0.224. The number of nitrogens with zero attached hydrogens (tertiary/aromatic N) is 1. The number of methoxy groups -OCH3 is 2. The smallest absolute Gasteiger partial charge is 0.168 e. The van der Waals surface area contributed by atoms with Crippen molar-refractivity contribution < 1.29 is 18.3 Å². The van der Waals surface area contributed by atoms with Crippen molar-refractivity contribution in [3.63, 3.8) is 0 Å². The molecule has 0 bridgehead atoms. The van der Waals surface area contributed by atoms with E-state index in [1.807, 2.05) is 0 Å². The summed E-state index contributed by atoms with van der Waals surface area (Å²) in [5, 5.41) is 3.23. The lowest BCUT2D eigenvalue weighted by Crippen LogP contribution is -2.43. The molecule has 1 N–H and O–H groups in total. The highest BCUT2D eigenvalue weighted by Crippen LogP contribution is 2.34. The first-order chi connectivity index (χ1) is 9.17. The van der Waals surface area contributed by atoms with Gasteiger partial charge in [0.1, 0.15) is 0 Å². The van der Waals surface area contributed by atoms with E-state index in [1.54, 1.807) is 0 Å². The molecule has 0 spiro atoms. The van der Waals surface area contributed by atoms with Gasteiger partial charge in [-0.3, -0.25) is 4.90 Å². The second kappa shape index (κ2) is 6.16. The van der Waals surface area contributed by atoms with Crippen LogP contribution in [0.25, 0.3) is 0 Å². The molecule has 1 heterocycles. The Hall–Kier alpha value is -1.40. The molecular weight excluding hydrogens is 254 g/mol. The molecule has 1 aliphatic heterocycles. The van der Waals surface area contributed by atoms with Gasteiger partial charge in [-0.25, -0.2) is 8.78 Å². The van der Waals surface area contributed by atoms with Gasteiger partial charge in [-0.1, -0.05) is 0 Å². The zero-order valence-corrected chi connectivity index (χ0v) is 11.1. The summed E-state index contributed by atoms with van der Waals surface area (Å²) in [5.41, 5.74) is 0.421. The van der Waals surface area contributed by atoms with Crippen LogP contribution < -0.4 is 14.8 Å². The topological polar surface area (TPSA) is 33.7 Å². The van der Waals surface area contributed by atoms with E-state index in [-0.39, 0.29) is 11.5 Å². The van der Waals surface area contributed by atoms with Crippen LogP contribution in [0.3, 0.4) is 0 Å². The number of halogens is 2. The summed E-state index contributed by atoms with van der Waals surface area (Å²) in [6.07, 6.45) is 0. The molecule has 0 saturated carbocycles. The highest BCUT2D eigenvalue weighted by Gasteiger charge is 2.22. The quantitative estimate of drug-likeness (QED) is 0.898. The van der Waals surface area contributed by atoms with Crippen molar-refractivity contribution in [2.24, 2.45) is 0 Å². The Labute approximate surface area is 111 Å². The minimum absolute atomic E-state index is 0.0526. The summed E-state index contributed by atoms with van der Waals surface area (Å²) in [5.74, 6) is -1.30. The van der Waals surface area contributed by atoms with E-state index in [1.165, 1.54) is 14.2 Å². The van der Waals surface area contributed by atoms with Crippen LogP contribution in [0, 0.1) is 11.6 Å². The number of ether oxygens (including phenoxy) is 2. The third kappa shape index (κ3) is 2.96. The van der Waals surface area contributed by atoms with Gasteiger partial charge in [0.2, 0.25) is 0 Å². The van der Waals surface area contributed by atoms with E-state index in [2.05, 4.69) is 10.2 Å². The molecule has 106 valence electrons. The third-order valence-corrected chi connectivity index (χ3v) is 3.24. The predicted molar refractivity (Wildman–Crippen MR) is 67.6 cm³/mol. The van der Waals surface area contributed by atoms with Crippen LogP contribution in [0.4, 0.5) is 8.78 Å². The van der Waals surface area contributed by atoms with Gasteiger partial charge in [-0.15, -0.1) is 0 Å². The fourth-order valence-electron chi connectivity index (χ4n) is 2.31. The second-order valence-corrected chi connectivity index (χ2v) is 4.41. The normalized spacial score (nSPS) is 16.4. The standard InChI is InChI=1S/C13H18F2N2O2/c1-18-12-9(8-17-5-3-16-4-6-17)13(19-2)11(15)7-10(12)14/h7,16H,3-6,8H2,1-2H3. The van der Waals surface area contributed by atoms with E-state index >= 15 is 0 Å². The Morgan fingerprint density at radius 2 is 1.63 bits per heavy atom. The predicted octanol–water partition coefficient (Wildman–Crippen LogP) is 1.39. The molecular formula is C13H18F2N2O2. The first-order valence-corrected chi connectivity index (χ1v) is 6.19. The lowest BCUT2D eigenvalue weighted by atomic mass is 10.1. The van der Waals surface area contributed by atoms with Gasteiger partial charge in [-0.05, 0) is 0 Å². The Morgan fingerprint density at radius 1 is 1.11 bits per heavy atom. The number of benzene rings is 1. The third-order valence-electron chi connectivity index (χ3n) is 3.24. The number of rotatable bonds is 4. The second-order valence-electron chi connectivity index (χ2n) is 4.41. The van der Waals surface area contributed by atoms with E-state index in [0.717, 1.165) is 32.2 Å². The van der Waals surface area contributed by atoms with Crippen molar-refractivity contribution in [3.05, 3.63) is 23.3 Å². The van der Waals surface area contributed by atoms with Crippen molar-refractivity contribution in [2.75, 3.05) is 40.4 Å². The number of nitrogens with one attached hydrogen (secondary N) is 1. The van der Waals surface area contributed by atoms with Gasteiger partial charge in [0.15, 0.2) is 23.1 Å². The van der Waals surface area contributed by atoms with Gasteiger partial charge in [0.25, 0.3) is 0 Å². The molecule has 0 aliphatic carbocycles. The van der Waals surface area contributed by atoms with Crippen LogP contribution in [0.2, 0.25) is 0 Å². The van der Waals surface area contributed by atoms with E-state index in [9.17, 15) is 8.78 Å². The van der Waals surface area contributed by atoms with E-state index < -0.39 is 11.6 Å². The summed E-state index contributed by atoms with van der Waals surface area (Å²) in [4.78, 5) is 2.11. The van der Waals surface area contributed by atoms with Crippen LogP contribution in [0.1, 0.15) is 5.56 Å². The maximum absolute atomic E-state index is 13.7. The zero-order chi connectivity index (χ0) is 13.8. The minimum atomic E-state index is -0.703. The van der Waals surface area contributed by atoms with Gasteiger partial charge in [-0.2, -0.15) is 0 Å². The SMILES string of the molecule is COc1c(F)cc(F)c(OC)c1CN1CCNCC1. The highest BCUT2D eigenvalue weighted by atomic mass is 19.1. The molecule has 1 aromatic rings. The molecule has 19 heavy (non-hydrogen) atoms. The van der Waals surface area contributed by atoms with Crippen molar-refractivity contribution in [2.45, 2.75) is 6.54 Å². The summed E-state index contributed by atoms with van der Waals surface area (Å²) in [7, 11) is 2.74. The molecule has 1 fully saturated rings. The zero-order valence-electron chi connectivity index (χ0n) is 11.1. The van der Waals surface area contributed by atoms with Crippen LogP contribution in [-0.4, -0.2) is 45.3 Å². The molecule has 0 radical (unpaired) electrons. The summed E-state index contributed by atoms with van der Waals surface area (Å²) in [6, 6.07) is 0.791. The summed E-state index contributed by atoms with van der Waals surface area (Å²) < 4.78 is 37.6. The minimum Gasteiger partial charge on any atom is -0.493 e. The Balaban J connectivity index is 2.34. The van der Waals surface area contributed by atoms with Crippen LogP contribution in [0.15, 0.2) is 6.07 Å². The average molecular weight is 272 g/mol. The van der Waals surface area contributed by atoms with E-state index in [0.29, 0.717) is 12.1 Å². The van der Waals surface area contributed by atoms with E-state index in [4.69, 9.17) is 9.47 Å². The maximum atomic E-state index is 13.7.